The van der Waals surface area contributed by atoms with E-state index in [1.807, 2.05) is 0 Å². The molecule has 0 radical (unpaired) electrons. The van der Waals surface area contributed by atoms with Crippen molar-refractivity contribution in [2.45, 2.75) is 45.6 Å². The van der Waals surface area contributed by atoms with Crippen LogP contribution in [0.15, 0.2) is 22.7 Å². The van der Waals surface area contributed by atoms with E-state index >= 15 is 0 Å². The molecule has 0 amide bonds. The number of benzene rings is 1. The molecular formula is C15H25BrN2. The molecule has 1 unspecified atom stereocenters. The van der Waals surface area contributed by atoms with E-state index in [0.717, 1.165) is 19.4 Å². The van der Waals surface area contributed by atoms with Gasteiger partial charge in [0.05, 0.1) is 0 Å². The van der Waals surface area contributed by atoms with Gasteiger partial charge in [0.2, 0.25) is 0 Å². The Labute approximate surface area is 120 Å². The summed E-state index contributed by atoms with van der Waals surface area (Å²) < 4.78 is 1.17. The molecule has 1 rings (SSSR count). The molecule has 0 aliphatic carbocycles. The average Bonchev–Trinajstić information content (AvgIpc) is 2.38. The Hall–Kier alpha value is -0.540. The molecule has 2 nitrogen and oxygen atoms in total. The van der Waals surface area contributed by atoms with Gasteiger partial charge < -0.3 is 10.6 Å². The number of nitrogens with zero attached hydrogens (tertiary/aromatic N) is 1. The Morgan fingerprint density at radius 2 is 2.06 bits per heavy atom. The Balaban J connectivity index is 2.72. The summed E-state index contributed by atoms with van der Waals surface area (Å²) in [4.78, 5) is 2.30. The molecule has 1 atom stereocenters. The molecule has 0 spiro atoms. The van der Waals surface area contributed by atoms with Crippen molar-refractivity contribution < 1.29 is 0 Å². The number of hydrogen-bond acceptors (Lipinski definition) is 2. The molecule has 0 aliphatic rings. The number of anilines is 1. The van der Waals surface area contributed by atoms with Gasteiger partial charge in [-0.05, 0) is 37.0 Å². The standard InChI is InChI=1S/C15H25BrN2/c1-4-6-9-18(3)14-8-7-12(15(16)11-14)10-13(17)5-2/h7-8,11,13H,4-6,9-10,17H2,1-3H3. The first-order chi connectivity index (χ1) is 8.58. The first-order valence-corrected chi connectivity index (χ1v) is 7.62. The average molecular weight is 313 g/mol. The van der Waals surface area contributed by atoms with E-state index in [1.165, 1.54) is 28.6 Å². The van der Waals surface area contributed by atoms with Gasteiger partial charge in [0, 0.05) is 29.8 Å². The highest BCUT2D eigenvalue weighted by atomic mass is 79.9. The molecule has 0 saturated carbocycles. The SMILES string of the molecule is CCCCN(C)c1ccc(CC(N)CC)c(Br)c1. The topological polar surface area (TPSA) is 29.3 Å². The number of hydrogen-bond donors (Lipinski definition) is 1. The predicted molar refractivity (Wildman–Crippen MR) is 84.3 cm³/mol. The van der Waals surface area contributed by atoms with E-state index in [-0.39, 0.29) is 6.04 Å². The molecule has 18 heavy (non-hydrogen) atoms. The van der Waals surface area contributed by atoms with Gasteiger partial charge >= 0.3 is 0 Å². The Kier molecular flexibility index (Phi) is 6.72. The van der Waals surface area contributed by atoms with Crippen LogP contribution < -0.4 is 10.6 Å². The lowest BCUT2D eigenvalue weighted by molar-refractivity contribution is 0.645. The summed E-state index contributed by atoms with van der Waals surface area (Å²) in [5.74, 6) is 0. The maximum Gasteiger partial charge on any atom is 0.0375 e. The van der Waals surface area contributed by atoms with Crippen LogP contribution in [0.1, 0.15) is 38.7 Å². The first kappa shape index (κ1) is 15.5. The predicted octanol–water partition coefficient (Wildman–Crippen LogP) is 3.97. The van der Waals surface area contributed by atoms with E-state index in [1.54, 1.807) is 0 Å². The smallest absolute Gasteiger partial charge is 0.0375 e. The van der Waals surface area contributed by atoms with E-state index < -0.39 is 0 Å². The van der Waals surface area contributed by atoms with Crippen molar-refractivity contribution in [2.24, 2.45) is 5.73 Å². The molecule has 3 heteroatoms. The Morgan fingerprint density at radius 3 is 2.61 bits per heavy atom. The lowest BCUT2D eigenvalue weighted by atomic mass is 10.0. The third-order valence-corrected chi connectivity index (χ3v) is 4.07. The maximum absolute atomic E-state index is 6.01. The van der Waals surface area contributed by atoms with Gasteiger partial charge in [0.15, 0.2) is 0 Å². The lowest BCUT2D eigenvalue weighted by Gasteiger charge is -2.20. The number of halogens is 1. The van der Waals surface area contributed by atoms with Crippen molar-refractivity contribution >= 4 is 21.6 Å². The zero-order valence-corrected chi connectivity index (χ0v) is 13.3. The number of unbranched alkanes of at least 4 members (excludes halogenated alkanes) is 1. The molecule has 1 aromatic carbocycles. The van der Waals surface area contributed by atoms with Gasteiger partial charge in [0.1, 0.15) is 0 Å². The molecule has 0 aliphatic heterocycles. The van der Waals surface area contributed by atoms with Crippen LogP contribution in [0.2, 0.25) is 0 Å². The minimum atomic E-state index is 0.255. The highest BCUT2D eigenvalue weighted by molar-refractivity contribution is 9.10. The van der Waals surface area contributed by atoms with Crippen LogP contribution in [0.4, 0.5) is 5.69 Å². The Morgan fingerprint density at radius 1 is 1.33 bits per heavy atom. The molecule has 2 N–H and O–H groups in total. The molecule has 1 aromatic rings. The van der Waals surface area contributed by atoms with Crippen LogP contribution in [-0.4, -0.2) is 19.6 Å². The molecule has 0 heterocycles. The highest BCUT2D eigenvalue weighted by Crippen LogP contribution is 2.25. The third-order valence-electron chi connectivity index (χ3n) is 3.33. The lowest BCUT2D eigenvalue weighted by Crippen LogP contribution is -2.22. The normalized spacial score (nSPS) is 12.5. The maximum atomic E-state index is 6.01. The molecule has 102 valence electrons. The molecule has 0 fully saturated rings. The van der Waals surface area contributed by atoms with Crippen LogP contribution in [0.5, 0.6) is 0 Å². The van der Waals surface area contributed by atoms with Gasteiger partial charge in [-0.2, -0.15) is 0 Å². The zero-order chi connectivity index (χ0) is 13.5. The van der Waals surface area contributed by atoms with Gasteiger partial charge in [0.25, 0.3) is 0 Å². The molecule has 0 bridgehead atoms. The van der Waals surface area contributed by atoms with E-state index in [0.29, 0.717) is 0 Å². The van der Waals surface area contributed by atoms with Crippen LogP contribution in [0.25, 0.3) is 0 Å². The van der Waals surface area contributed by atoms with E-state index in [9.17, 15) is 0 Å². The number of nitrogens with two attached hydrogens (primary N) is 1. The van der Waals surface area contributed by atoms with Crippen molar-refractivity contribution in [1.82, 2.24) is 0 Å². The van der Waals surface area contributed by atoms with Crippen LogP contribution in [0.3, 0.4) is 0 Å². The van der Waals surface area contributed by atoms with Crippen molar-refractivity contribution in [3.63, 3.8) is 0 Å². The summed E-state index contributed by atoms with van der Waals surface area (Å²) in [6, 6.07) is 6.84. The largest absolute Gasteiger partial charge is 0.375 e. The molecule has 0 aromatic heterocycles. The number of rotatable bonds is 7. The van der Waals surface area contributed by atoms with Crippen molar-refractivity contribution in [1.29, 1.82) is 0 Å². The van der Waals surface area contributed by atoms with Crippen molar-refractivity contribution in [3.8, 4) is 0 Å². The monoisotopic (exact) mass is 312 g/mol. The zero-order valence-electron chi connectivity index (χ0n) is 11.7. The quantitative estimate of drug-likeness (QED) is 0.825. The summed E-state index contributed by atoms with van der Waals surface area (Å²) in [5, 5.41) is 0. The summed E-state index contributed by atoms with van der Waals surface area (Å²) in [6.07, 6.45) is 4.42. The fourth-order valence-electron chi connectivity index (χ4n) is 1.89. The van der Waals surface area contributed by atoms with E-state index in [4.69, 9.17) is 5.73 Å². The van der Waals surface area contributed by atoms with Crippen molar-refractivity contribution in [3.05, 3.63) is 28.2 Å². The molecule has 0 saturated heterocycles. The minimum Gasteiger partial charge on any atom is -0.375 e. The van der Waals surface area contributed by atoms with E-state index in [2.05, 4.69) is 59.9 Å². The van der Waals surface area contributed by atoms with Gasteiger partial charge in [-0.25, -0.2) is 0 Å². The van der Waals surface area contributed by atoms with Crippen LogP contribution in [-0.2, 0) is 6.42 Å². The second kappa shape index (κ2) is 7.80. The fourth-order valence-corrected chi connectivity index (χ4v) is 2.42. The van der Waals surface area contributed by atoms with Gasteiger partial charge in [-0.1, -0.05) is 42.3 Å². The van der Waals surface area contributed by atoms with Gasteiger partial charge in [-0.15, -0.1) is 0 Å². The summed E-state index contributed by atoms with van der Waals surface area (Å²) >= 11 is 3.66. The van der Waals surface area contributed by atoms with Crippen LogP contribution >= 0.6 is 15.9 Å². The highest BCUT2D eigenvalue weighted by Gasteiger charge is 2.08. The third kappa shape index (κ3) is 4.62. The fraction of sp³-hybridized carbons (Fsp3) is 0.600. The summed E-state index contributed by atoms with van der Waals surface area (Å²) in [6.45, 7) is 5.46. The van der Waals surface area contributed by atoms with Gasteiger partial charge in [-0.3, -0.25) is 0 Å². The summed E-state index contributed by atoms with van der Waals surface area (Å²) in [5.41, 5.74) is 8.58. The second-order valence-electron chi connectivity index (χ2n) is 4.92. The first-order valence-electron chi connectivity index (χ1n) is 6.83. The molecular weight excluding hydrogens is 288 g/mol. The van der Waals surface area contributed by atoms with Crippen LogP contribution in [0, 0.1) is 0 Å². The Bertz CT molecular complexity index is 366. The summed E-state index contributed by atoms with van der Waals surface area (Å²) in [7, 11) is 2.15. The second-order valence-corrected chi connectivity index (χ2v) is 5.78. The van der Waals surface area contributed by atoms with Crippen molar-refractivity contribution in [2.75, 3.05) is 18.5 Å². The minimum absolute atomic E-state index is 0.255.